The summed E-state index contributed by atoms with van der Waals surface area (Å²) in [5, 5.41) is 0. The van der Waals surface area contributed by atoms with Crippen molar-refractivity contribution < 1.29 is 13.0 Å². The molecule has 0 aliphatic rings. The second-order valence-corrected chi connectivity index (χ2v) is 9.37. The molecule has 0 radical (unpaired) electrons. The van der Waals surface area contributed by atoms with Crippen LogP contribution in [0, 0.1) is 13.8 Å². The molecule has 0 saturated carbocycles. The van der Waals surface area contributed by atoms with E-state index in [1.54, 1.807) is 30.5 Å². The van der Waals surface area contributed by atoms with Crippen LogP contribution in [-0.2, 0) is 10.0 Å². The Morgan fingerprint density at radius 3 is 2.22 bits per heavy atom. The lowest BCUT2D eigenvalue weighted by Gasteiger charge is -2.10. The van der Waals surface area contributed by atoms with Gasteiger partial charge in [0.25, 0.3) is 10.0 Å². The van der Waals surface area contributed by atoms with E-state index in [9.17, 15) is 8.42 Å². The standard InChI is InChI=1S/C27H25N2O2S/c1-21-14-16-25(17-15-21)32(30,31)28-20-27(24-12-8-9-22(2)19-24)29-18-7-6-13-26(29)23-10-4-3-5-11-23/h3-20,28H,1-2H3/q+1/b27-20-. The Labute approximate surface area is 189 Å². The number of hydrogen-bond acceptors (Lipinski definition) is 2. The van der Waals surface area contributed by atoms with Crippen LogP contribution in [0.15, 0.2) is 114 Å². The highest BCUT2D eigenvalue weighted by Crippen LogP contribution is 2.20. The van der Waals surface area contributed by atoms with Crippen LogP contribution in [0.4, 0.5) is 0 Å². The van der Waals surface area contributed by atoms with E-state index in [-0.39, 0.29) is 4.90 Å². The van der Waals surface area contributed by atoms with Gasteiger partial charge in [-0.3, -0.25) is 4.72 Å². The first kappa shape index (κ1) is 21.5. The van der Waals surface area contributed by atoms with E-state index in [1.165, 1.54) is 0 Å². The molecule has 0 amide bonds. The minimum absolute atomic E-state index is 0.226. The lowest BCUT2D eigenvalue weighted by molar-refractivity contribution is -0.567. The van der Waals surface area contributed by atoms with Gasteiger partial charge in [0.2, 0.25) is 11.4 Å². The summed E-state index contributed by atoms with van der Waals surface area (Å²) in [5.41, 5.74) is 5.72. The fraction of sp³-hybridized carbons (Fsp3) is 0.0741. The minimum atomic E-state index is -3.72. The van der Waals surface area contributed by atoms with Gasteiger partial charge in [0, 0.05) is 23.3 Å². The smallest absolute Gasteiger partial charge is 0.261 e. The summed E-state index contributed by atoms with van der Waals surface area (Å²) in [6.45, 7) is 3.95. The van der Waals surface area contributed by atoms with Crippen LogP contribution in [0.3, 0.4) is 0 Å². The van der Waals surface area contributed by atoms with Crippen molar-refractivity contribution in [3.63, 3.8) is 0 Å². The first-order valence-corrected chi connectivity index (χ1v) is 11.8. The zero-order valence-corrected chi connectivity index (χ0v) is 18.9. The summed E-state index contributed by atoms with van der Waals surface area (Å²) in [7, 11) is -3.72. The highest BCUT2D eigenvalue weighted by Gasteiger charge is 2.21. The van der Waals surface area contributed by atoms with Crippen molar-refractivity contribution in [3.05, 3.63) is 126 Å². The van der Waals surface area contributed by atoms with Gasteiger partial charge in [-0.25, -0.2) is 8.42 Å². The van der Waals surface area contributed by atoms with Crippen LogP contribution in [0.1, 0.15) is 16.7 Å². The van der Waals surface area contributed by atoms with E-state index < -0.39 is 10.0 Å². The number of aromatic nitrogens is 1. The lowest BCUT2D eigenvalue weighted by atomic mass is 10.1. The van der Waals surface area contributed by atoms with Crippen LogP contribution < -0.4 is 9.29 Å². The van der Waals surface area contributed by atoms with E-state index in [1.807, 2.05) is 97.4 Å². The zero-order chi connectivity index (χ0) is 22.6. The van der Waals surface area contributed by atoms with Gasteiger partial charge in [0.1, 0.15) is 0 Å². The number of nitrogens with zero attached hydrogens (tertiary/aromatic N) is 1. The van der Waals surface area contributed by atoms with E-state index >= 15 is 0 Å². The van der Waals surface area contributed by atoms with Gasteiger partial charge in [0.05, 0.1) is 11.1 Å². The SMILES string of the molecule is Cc1ccc(S(=O)(=O)N/C=C(/c2cccc(C)c2)[n+]2ccccc2-c2ccccc2)cc1. The van der Waals surface area contributed by atoms with Crippen molar-refractivity contribution >= 4 is 15.7 Å². The highest BCUT2D eigenvalue weighted by atomic mass is 32.2. The van der Waals surface area contributed by atoms with Crippen LogP contribution in [0.25, 0.3) is 17.0 Å². The van der Waals surface area contributed by atoms with Crippen molar-refractivity contribution in [3.8, 4) is 11.3 Å². The topological polar surface area (TPSA) is 50.1 Å². The summed E-state index contributed by atoms with van der Waals surface area (Å²) in [6.07, 6.45) is 3.51. The van der Waals surface area contributed by atoms with Gasteiger partial charge in [0.15, 0.2) is 6.20 Å². The van der Waals surface area contributed by atoms with Crippen molar-refractivity contribution in [1.29, 1.82) is 0 Å². The molecule has 4 aromatic rings. The largest absolute Gasteiger partial charge is 0.280 e. The fourth-order valence-corrected chi connectivity index (χ4v) is 4.41. The van der Waals surface area contributed by atoms with Crippen molar-refractivity contribution in [2.75, 3.05) is 0 Å². The summed E-state index contributed by atoms with van der Waals surface area (Å²) in [4.78, 5) is 0.226. The first-order chi connectivity index (χ1) is 15.4. The fourth-order valence-electron chi connectivity index (χ4n) is 3.51. The molecule has 0 saturated heterocycles. The van der Waals surface area contributed by atoms with Gasteiger partial charge in [-0.05, 0) is 56.3 Å². The molecule has 1 N–H and O–H groups in total. The molecular weight excluding hydrogens is 416 g/mol. The third-order valence-electron chi connectivity index (χ3n) is 5.18. The van der Waals surface area contributed by atoms with E-state index in [2.05, 4.69) is 4.72 Å². The maximum atomic E-state index is 13.0. The molecular formula is C27H25N2O2S+. The Morgan fingerprint density at radius 2 is 1.50 bits per heavy atom. The molecule has 1 heterocycles. The van der Waals surface area contributed by atoms with Gasteiger partial charge >= 0.3 is 0 Å². The Morgan fingerprint density at radius 1 is 0.781 bits per heavy atom. The molecule has 0 aliphatic carbocycles. The number of hydrogen-bond donors (Lipinski definition) is 1. The Balaban J connectivity index is 1.84. The number of nitrogens with one attached hydrogen (secondary N) is 1. The maximum absolute atomic E-state index is 13.0. The summed E-state index contributed by atoms with van der Waals surface area (Å²) >= 11 is 0. The van der Waals surface area contributed by atoms with Crippen molar-refractivity contribution in [1.82, 2.24) is 4.72 Å². The van der Waals surface area contributed by atoms with Crippen molar-refractivity contribution in [2.45, 2.75) is 18.7 Å². The molecule has 0 unspecified atom stereocenters. The second-order valence-electron chi connectivity index (χ2n) is 7.66. The minimum Gasteiger partial charge on any atom is -0.280 e. The molecule has 5 heteroatoms. The normalized spacial score (nSPS) is 11.9. The van der Waals surface area contributed by atoms with Gasteiger partial charge < -0.3 is 0 Å². The molecule has 4 nitrogen and oxygen atoms in total. The molecule has 0 spiro atoms. The Hall–Kier alpha value is -3.70. The number of aryl methyl sites for hydroxylation is 2. The molecule has 1 aromatic heterocycles. The van der Waals surface area contributed by atoms with E-state index in [4.69, 9.17) is 0 Å². The third kappa shape index (κ3) is 4.79. The molecule has 0 aliphatic heterocycles. The first-order valence-electron chi connectivity index (χ1n) is 10.4. The number of rotatable bonds is 6. The van der Waals surface area contributed by atoms with Gasteiger partial charge in [-0.1, -0.05) is 53.6 Å². The zero-order valence-electron chi connectivity index (χ0n) is 18.1. The average molecular weight is 442 g/mol. The molecule has 0 fully saturated rings. The van der Waals surface area contributed by atoms with Gasteiger partial charge in [-0.2, -0.15) is 4.57 Å². The third-order valence-corrected chi connectivity index (χ3v) is 6.51. The Bertz CT molecular complexity index is 1360. The van der Waals surface area contributed by atoms with E-state index in [0.29, 0.717) is 0 Å². The van der Waals surface area contributed by atoms with Crippen LogP contribution in [-0.4, -0.2) is 8.42 Å². The molecule has 160 valence electrons. The molecule has 3 aromatic carbocycles. The summed E-state index contributed by atoms with van der Waals surface area (Å²) < 4.78 is 30.6. The van der Waals surface area contributed by atoms with Crippen LogP contribution in [0.5, 0.6) is 0 Å². The van der Waals surface area contributed by atoms with Gasteiger partial charge in [-0.15, -0.1) is 0 Å². The maximum Gasteiger partial charge on any atom is 0.261 e. The predicted molar refractivity (Wildman–Crippen MR) is 128 cm³/mol. The number of pyridine rings is 1. The monoisotopic (exact) mass is 441 g/mol. The summed E-state index contributed by atoms with van der Waals surface area (Å²) in [5.74, 6) is 0. The quantitative estimate of drug-likeness (QED) is 0.424. The molecule has 32 heavy (non-hydrogen) atoms. The molecule has 4 rings (SSSR count). The predicted octanol–water partition coefficient (Wildman–Crippen LogP) is 5.08. The number of benzene rings is 3. The Kier molecular flexibility index (Phi) is 6.19. The molecule has 0 bridgehead atoms. The van der Waals surface area contributed by atoms with E-state index in [0.717, 1.165) is 33.6 Å². The number of sulfonamides is 1. The van der Waals surface area contributed by atoms with Crippen LogP contribution >= 0.6 is 0 Å². The van der Waals surface area contributed by atoms with Crippen molar-refractivity contribution in [2.24, 2.45) is 0 Å². The highest BCUT2D eigenvalue weighted by molar-refractivity contribution is 7.89. The second kappa shape index (κ2) is 9.20. The van der Waals surface area contributed by atoms with Crippen LogP contribution in [0.2, 0.25) is 0 Å². The lowest BCUT2D eigenvalue weighted by Crippen LogP contribution is -2.36. The average Bonchev–Trinajstić information content (AvgIpc) is 2.80. The molecule has 0 atom stereocenters. The summed E-state index contributed by atoms with van der Waals surface area (Å²) in [6, 6.07) is 30.8.